The molecule has 0 aliphatic carbocycles. The number of hydrogen-bond acceptors (Lipinski definition) is 3. The van der Waals surface area contributed by atoms with Crippen LogP contribution < -0.4 is 0 Å². The van der Waals surface area contributed by atoms with Crippen molar-refractivity contribution in [2.24, 2.45) is 0 Å². The Morgan fingerprint density at radius 2 is 1.67 bits per heavy atom. The Morgan fingerprint density at radius 1 is 1.22 bits per heavy atom. The summed E-state index contributed by atoms with van der Waals surface area (Å²) < 4.78 is 14.4. The van der Waals surface area contributed by atoms with Gasteiger partial charge in [-0.25, -0.2) is 0 Å². The van der Waals surface area contributed by atoms with Gasteiger partial charge in [-0.3, -0.25) is 18.1 Å². The lowest BCUT2D eigenvalue weighted by atomic mass is 10.3. The predicted octanol–water partition coefficient (Wildman–Crippen LogP) is 0.197. The van der Waals surface area contributed by atoms with E-state index in [1.807, 2.05) is 0 Å². The van der Waals surface area contributed by atoms with Gasteiger partial charge in [-0.1, -0.05) is 0 Å². The molecule has 0 atom stereocenters. The molecule has 0 saturated heterocycles. The summed E-state index contributed by atoms with van der Waals surface area (Å²) in [6, 6.07) is 0. The standard InChI is InChI=1S/CH3BO3.2ClH.2Mg/c1-5-2(3)4;;;;/h1H3;2*1H;;/q-2;;;2*+2/p-2. The largest absolute Gasteiger partial charge is 0.689 e. The van der Waals surface area contributed by atoms with Crippen LogP contribution in [0.25, 0.3) is 0 Å². The Kier molecular flexibility index (Phi) is 10.0. The van der Waals surface area contributed by atoms with Gasteiger partial charge in [-0.15, -0.1) is 0 Å². The molecule has 0 bridgehead atoms. The molecule has 0 N–H and O–H groups in total. The van der Waals surface area contributed by atoms with Crippen LogP contribution in [0.2, 0.25) is 0 Å². The van der Waals surface area contributed by atoms with Gasteiger partial charge in [-0.2, -0.15) is 0 Å². The van der Waals surface area contributed by atoms with Gasteiger partial charge in [0.1, 0.15) is 0 Å². The van der Waals surface area contributed by atoms with Crippen LogP contribution in [-0.2, 0) is 10.8 Å². The molecule has 9 heavy (non-hydrogen) atoms. The van der Waals surface area contributed by atoms with Crippen LogP contribution in [0, 0.1) is 0 Å². The van der Waals surface area contributed by atoms with Crippen molar-refractivity contribution in [1.29, 1.82) is 0 Å². The molecule has 0 aromatic heterocycles. The van der Waals surface area contributed by atoms with Crippen LogP contribution in [0.3, 0.4) is 0 Å². The van der Waals surface area contributed by atoms with Crippen molar-refractivity contribution >= 4 is 64.8 Å². The third-order valence-corrected chi connectivity index (χ3v) is 2.14. The molecule has 0 aromatic rings. The van der Waals surface area contributed by atoms with Gasteiger partial charge in [0, 0.05) is 7.11 Å². The second-order valence-corrected chi connectivity index (χ2v) is 3.49. The van der Waals surface area contributed by atoms with Gasteiger partial charge in [0.25, 0.3) is 0 Å². The van der Waals surface area contributed by atoms with Crippen molar-refractivity contribution in [3.05, 3.63) is 0 Å². The van der Waals surface area contributed by atoms with Crippen molar-refractivity contribution < 1.29 is 10.8 Å². The van der Waals surface area contributed by atoms with Crippen LogP contribution in [0.1, 0.15) is 0 Å². The quantitative estimate of drug-likeness (QED) is 0.584. The Morgan fingerprint density at radius 3 is 1.89 bits per heavy atom. The minimum atomic E-state index is -0.979. The molecule has 0 rings (SSSR count). The van der Waals surface area contributed by atoms with Crippen molar-refractivity contribution in [2.75, 3.05) is 7.11 Å². The van der Waals surface area contributed by atoms with E-state index in [2.05, 4.69) is 4.65 Å². The van der Waals surface area contributed by atoms with E-state index in [0.29, 0.717) is 0 Å². The molecule has 0 radical (unpaired) electrons. The van der Waals surface area contributed by atoms with Crippen LogP contribution in [0.4, 0.5) is 0 Å². The molecule has 0 spiro atoms. The number of halogens is 2. The summed E-state index contributed by atoms with van der Waals surface area (Å²) in [5.41, 5.74) is 0. The second kappa shape index (κ2) is 8.16. The van der Waals surface area contributed by atoms with E-state index in [1.54, 1.807) is 0 Å². The minimum absolute atomic E-state index is 0.627. The first-order valence-electron chi connectivity index (χ1n) is 2.23. The topological polar surface area (TPSA) is 27.7 Å². The number of rotatable bonds is 5. The lowest BCUT2D eigenvalue weighted by Crippen LogP contribution is -2.26. The maximum atomic E-state index is 5.34. The first kappa shape index (κ1) is 11.1. The second-order valence-electron chi connectivity index (χ2n) is 1.08. The van der Waals surface area contributed by atoms with E-state index in [9.17, 15) is 0 Å². The average Bonchev–Trinajstić information content (AvgIpc) is 1.88. The molecule has 0 amide bonds. The van der Waals surface area contributed by atoms with Crippen molar-refractivity contribution in [3.63, 3.8) is 0 Å². The summed E-state index contributed by atoms with van der Waals surface area (Å²) in [7, 11) is 11.5. The molecule has 0 aliphatic rings. The maximum absolute atomic E-state index is 5.34. The molecule has 3 nitrogen and oxygen atoms in total. The zero-order valence-electron chi connectivity index (χ0n) is 4.97. The van der Waals surface area contributed by atoms with Crippen molar-refractivity contribution in [1.82, 2.24) is 0 Å². The smallest absolute Gasteiger partial charge is 0.568 e. The molecule has 0 aliphatic heterocycles. The van der Waals surface area contributed by atoms with Crippen LogP contribution >= 0.6 is 18.1 Å². The molecule has 0 saturated carbocycles. The lowest BCUT2D eigenvalue weighted by molar-refractivity contribution is 0.261. The third kappa shape index (κ3) is 6.46. The maximum Gasteiger partial charge on any atom is 0.689 e. The van der Waals surface area contributed by atoms with Crippen LogP contribution in [0.15, 0.2) is 0 Å². The van der Waals surface area contributed by atoms with Gasteiger partial charge < -0.3 is 10.8 Å². The minimum Gasteiger partial charge on any atom is -0.568 e. The van der Waals surface area contributed by atoms with Gasteiger partial charge in [-0.05, 0) is 0 Å². The van der Waals surface area contributed by atoms with Gasteiger partial charge in [0.2, 0.25) is 0 Å². The van der Waals surface area contributed by atoms with Gasteiger partial charge >= 0.3 is 46.7 Å². The zero-order chi connectivity index (χ0) is 7.11. The van der Waals surface area contributed by atoms with Gasteiger partial charge in [0.05, 0.1) is 0 Å². The molecule has 0 unspecified atom stereocenters. The normalized spacial score (nSPS) is 7.89. The third-order valence-electron chi connectivity index (χ3n) is 0.591. The Hall–Kier alpha value is 2.06. The molecule has 0 fully saturated rings. The van der Waals surface area contributed by atoms with E-state index >= 15 is 0 Å². The van der Waals surface area contributed by atoms with E-state index in [1.165, 1.54) is 7.11 Å². The Labute approximate surface area is 81.9 Å². The van der Waals surface area contributed by atoms with E-state index in [-0.39, 0.29) is 0 Å². The highest BCUT2D eigenvalue weighted by Crippen LogP contribution is 1.89. The highest BCUT2D eigenvalue weighted by Gasteiger charge is 2.16. The fourth-order valence-electron chi connectivity index (χ4n) is 0.287. The Bertz CT molecular complexity index is 61.8. The SMILES string of the molecule is COB([O][Mg][Cl])[O][Mg][Cl]. The highest BCUT2D eigenvalue weighted by molar-refractivity contribution is 6.94. The molecular formula is CH3BCl2Mg2O3. The summed E-state index contributed by atoms with van der Waals surface area (Å²) >= 11 is -1.96. The Balaban J connectivity index is 3.18. The van der Waals surface area contributed by atoms with Gasteiger partial charge in [0.15, 0.2) is 0 Å². The van der Waals surface area contributed by atoms with Crippen molar-refractivity contribution in [3.8, 4) is 0 Å². The molecule has 8 heteroatoms. The monoisotopic (exact) mass is 192 g/mol. The zero-order valence-corrected chi connectivity index (χ0v) is 9.31. The van der Waals surface area contributed by atoms with Crippen molar-refractivity contribution in [2.45, 2.75) is 0 Å². The van der Waals surface area contributed by atoms with Crippen LogP contribution in [-0.4, -0.2) is 53.8 Å². The highest BCUT2D eigenvalue weighted by atomic mass is 35.5. The first-order chi connectivity index (χ1) is 4.35. The molecule has 0 heterocycles. The fourth-order valence-corrected chi connectivity index (χ4v) is 1.77. The summed E-state index contributed by atoms with van der Waals surface area (Å²) in [5.74, 6) is 0. The first-order valence-corrected chi connectivity index (χ1v) is 7.66. The molecular weight excluding hydrogens is 190 g/mol. The molecule has 46 valence electrons. The van der Waals surface area contributed by atoms with Crippen LogP contribution in [0.5, 0.6) is 0 Å². The summed E-state index contributed by atoms with van der Waals surface area (Å²) in [6.45, 7) is 0. The van der Waals surface area contributed by atoms with E-state index in [4.69, 9.17) is 24.3 Å². The summed E-state index contributed by atoms with van der Waals surface area (Å²) in [6.07, 6.45) is 0. The van der Waals surface area contributed by atoms with E-state index < -0.39 is 46.7 Å². The lowest BCUT2D eigenvalue weighted by Gasteiger charge is -2.10. The number of hydrogen-bond donors (Lipinski definition) is 0. The molecule has 0 aromatic carbocycles. The fraction of sp³-hybridized carbons (Fsp3) is 1.00. The predicted molar refractivity (Wildman–Crippen MR) is 38.1 cm³/mol. The summed E-state index contributed by atoms with van der Waals surface area (Å²) in [4.78, 5) is 0. The average molecular weight is 193 g/mol. The summed E-state index contributed by atoms with van der Waals surface area (Å²) in [5, 5.41) is 0. The van der Waals surface area contributed by atoms with E-state index in [0.717, 1.165) is 0 Å².